The van der Waals surface area contributed by atoms with Gasteiger partial charge in [-0.2, -0.15) is 0 Å². The zero-order valence-corrected chi connectivity index (χ0v) is 15.4. The van der Waals surface area contributed by atoms with Gasteiger partial charge in [-0.15, -0.1) is 22.7 Å². The van der Waals surface area contributed by atoms with Crippen molar-refractivity contribution in [2.45, 2.75) is 25.8 Å². The molecule has 0 spiro atoms. The SMILES string of the molecule is O=c1c2c3c(sc2ncn1Cc1csc(-c2ccc(F)cc2)n1)CCC3. The van der Waals surface area contributed by atoms with Crippen LogP contribution in [0.25, 0.3) is 20.8 Å². The minimum Gasteiger partial charge on any atom is -0.293 e. The number of benzene rings is 1. The highest BCUT2D eigenvalue weighted by atomic mass is 32.1. The number of fused-ring (bicyclic) bond motifs is 3. The van der Waals surface area contributed by atoms with E-state index in [9.17, 15) is 9.18 Å². The van der Waals surface area contributed by atoms with Crippen LogP contribution in [-0.4, -0.2) is 14.5 Å². The fraction of sp³-hybridized carbons (Fsp3) is 0.211. The predicted octanol–water partition coefficient (Wildman–Crippen LogP) is 4.26. The Kier molecular flexibility index (Phi) is 3.72. The van der Waals surface area contributed by atoms with E-state index in [4.69, 9.17) is 0 Å². The van der Waals surface area contributed by atoms with Gasteiger partial charge in [-0.3, -0.25) is 9.36 Å². The fourth-order valence-corrected chi connectivity index (χ4v) is 5.45. The van der Waals surface area contributed by atoms with Crippen LogP contribution in [0.5, 0.6) is 0 Å². The molecule has 0 fully saturated rings. The molecule has 3 heterocycles. The van der Waals surface area contributed by atoms with Gasteiger partial charge in [0.25, 0.3) is 5.56 Å². The van der Waals surface area contributed by atoms with Gasteiger partial charge in [0.15, 0.2) is 0 Å². The molecule has 0 aliphatic heterocycles. The maximum atomic E-state index is 13.1. The van der Waals surface area contributed by atoms with Crippen LogP contribution in [0.2, 0.25) is 0 Å². The smallest absolute Gasteiger partial charge is 0.262 e. The van der Waals surface area contributed by atoms with Crippen molar-refractivity contribution in [1.29, 1.82) is 0 Å². The molecule has 0 saturated heterocycles. The molecule has 0 saturated carbocycles. The summed E-state index contributed by atoms with van der Waals surface area (Å²) in [6, 6.07) is 6.28. The molecule has 0 radical (unpaired) electrons. The van der Waals surface area contributed by atoms with E-state index in [-0.39, 0.29) is 11.4 Å². The Morgan fingerprint density at radius 3 is 2.88 bits per heavy atom. The highest BCUT2D eigenvalue weighted by Gasteiger charge is 2.21. The summed E-state index contributed by atoms with van der Waals surface area (Å²) in [5.74, 6) is -0.264. The lowest BCUT2D eigenvalue weighted by Gasteiger charge is -2.03. The summed E-state index contributed by atoms with van der Waals surface area (Å²) in [4.78, 5) is 24.2. The van der Waals surface area contributed by atoms with Gasteiger partial charge in [0.1, 0.15) is 15.7 Å². The third-order valence-electron chi connectivity index (χ3n) is 4.67. The quantitative estimate of drug-likeness (QED) is 0.531. The Morgan fingerprint density at radius 2 is 2.04 bits per heavy atom. The molecule has 0 unspecified atom stereocenters. The van der Waals surface area contributed by atoms with E-state index >= 15 is 0 Å². The first-order valence-corrected chi connectivity index (χ1v) is 10.1. The Bertz CT molecular complexity index is 1170. The lowest BCUT2D eigenvalue weighted by atomic mass is 10.2. The van der Waals surface area contributed by atoms with Gasteiger partial charge in [-0.05, 0) is 49.1 Å². The van der Waals surface area contributed by atoms with E-state index in [1.165, 1.54) is 33.9 Å². The summed E-state index contributed by atoms with van der Waals surface area (Å²) < 4.78 is 14.7. The van der Waals surface area contributed by atoms with Gasteiger partial charge >= 0.3 is 0 Å². The molecule has 1 aliphatic rings. The first kappa shape index (κ1) is 15.8. The zero-order valence-electron chi connectivity index (χ0n) is 13.7. The molecule has 0 atom stereocenters. The minimum atomic E-state index is -0.264. The van der Waals surface area contributed by atoms with Crippen LogP contribution < -0.4 is 5.56 Å². The summed E-state index contributed by atoms with van der Waals surface area (Å²) >= 11 is 3.14. The number of thiazole rings is 1. The van der Waals surface area contributed by atoms with Crippen molar-refractivity contribution < 1.29 is 4.39 Å². The number of rotatable bonds is 3. The molecular weight excluding hydrogens is 369 g/mol. The van der Waals surface area contributed by atoms with E-state index in [0.29, 0.717) is 6.54 Å². The number of thiophene rings is 1. The predicted molar refractivity (Wildman–Crippen MR) is 103 cm³/mol. The Morgan fingerprint density at radius 1 is 1.19 bits per heavy atom. The maximum Gasteiger partial charge on any atom is 0.262 e. The van der Waals surface area contributed by atoms with E-state index in [0.717, 1.165) is 45.7 Å². The van der Waals surface area contributed by atoms with Gasteiger partial charge in [-0.1, -0.05) is 0 Å². The summed E-state index contributed by atoms with van der Waals surface area (Å²) in [7, 11) is 0. The number of hydrogen-bond acceptors (Lipinski definition) is 5. The average molecular weight is 383 g/mol. The molecule has 5 rings (SSSR count). The molecule has 0 bridgehead atoms. The molecule has 3 aromatic heterocycles. The van der Waals surface area contributed by atoms with Crippen molar-refractivity contribution in [3.8, 4) is 10.6 Å². The summed E-state index contributed by atoms with van der Waals surface area (Å²) in [5.41, 5.74) is 2.90. The fourth-order valence-electron chi connectivity index (χ4n) is 3.41. The Labute approximate surface area is 156 Å². The molecule has 1 aliphatic carbocycles. The molecule has 1 aromatic carbocycles. The highest BCUT2D eigenvalue weighted by Crippen LogP contribution is 2.34. The van der Waals surface area contributed by atoms with E-state index in [1.807, 2.05) is 5.38 Å². The van der Waals surface area contributed by atoms with Crippen LogP contribution in [0.1, 0.15) is 22.6 Å². The molecule has 4 aromatic rings. The van der Waals surface area contributed by atoms with Crippen LogP contribution in [0.4, 0.5) is 4.39 Å². The maximum absolute atomic E-state index is 13.1. The van der Waals surface area contributed by atoms with E-state index in [1.54, 1.807) is 34.4 Å². The standard InChI is InChI=1S/C19H14FN3OS2/c20-12-6-4-11(5-7-12)17-22-13(9-25-17)8-23-10-21-18-16(19(23)24)14-2-1-3-15(14)26-18/h4-7,9-10H,1-3,8H2. The lowest BCUT2D eigenvalue weighted by Crippen LogP contribution is -2.21. The molecular formula is C19H14FN3OS2. The number of hydrogen-bond donors (Lipinski definition) is 0. The second-order valence-electron chi connectivity index (χ2n) is 6.37. The molecule has 0 amide bonds. The van der Waals surface area contributed by atoms with Gasteiger partial charge in [0.05, 0.1) is 24.0 Å². The zero-order chi connectivity index (χ0) is 17.7. The summed E-state index contributed by atoms with van der Waals surface area (Å²) in [5, 5.41) is 3.55. The Hall–Kier alpha value is -2.38. The van der Waals surface area contributed by atoms with Crippen LogP contribution in [0.3, 0.4) is 0 Å². The third-order valence-corrected chi connectivity index (χ3v) is 6.81. The van der Waals surface area contributed by atoms with Crippen molar-refractivity contribution in [1.82, 2.24) is 14.5 Å². The molecule has 0 N–H and O–H groups in total. The van der Waals surface area contributed by atoms with Gasteiger partial charge in [-0.25, -0.2) is 14.4 Å². The number of aromatic nitrogens is 3. The normalized spacial score (nSPS) is 13.4. The Balaban J connectivity index is 1.49. The second-order valence-corrected chi connectivity index (χ2v) is 8.31. The van der Waals surface area contributed by atoms with Crippen molar-refractivity contribution in [3.63, 3.8) is 0 Å². The molecule has 26 heavy (non-hydrogen) atoms. The first-order chi connectivity index (χ1) is 12.7. The van der Waals surface area contributed by atoms with E-state index in [2.05, 4.69) is 9.97 Å². The number of nitrogens with zero attached hydrogens (tertiary/aromatic N) is 3. The van der Waals surface area contributed by atoms with Crippen molar-refractivity contribution in [2.75, 3.05) is 0 Å². The minimum absolute atomic E-state index is 0.0192. The highest BCUT2D eigenvalue weighted by molar-refractivity contribution is 7.18. The van der Waals surface area contributed by atoms with Crippen LogP contribution in [-0.2, 0) is 19.4 Å². The average Bonchev–Trinajstić information content (AvgIpc) is 3.34. The molecule has 7 heteroatoms. The molecule has 4 nitrogen and oxygen atoms in total. The van der Waals surface area contributed by atoms with E-state index < -0.39 is 0 Å². The van der Waals surface area contributed by atoms with Gasteiger partial charge in [0, 0.05) is 15.8 Å². The van der Waals surface area contributed by atoms with Crippen LogP contribution >= 0.6 is 22.7 Å². The van der Waals surface area contributed by atoms with Gasteiger partial charge < -0.3 is 0 Å². The largest absolute Gasteiger partial charge is 0.293 e. The van der Waals surface area contributed by atoms with Crippen LogP contribution in [0.15, 0.2) is 40.8 Å². The number of halogens is 1. The third kappa shape index (κ3) is 2.59. The van der Waals surface area contributed by atoms with Gasteiger partial charge in [0.2, 0.25) is 0 Å². The number of aryl methyl sites for hydroxylation is 2. The lowest BCUT2D eigenvalue weighted by molar-refractivity contribution is 0.628. The molecule has 130 valence electrons. The topological polar surface area (TPSA) is 47.8 Å². The van der Waals surface area contributed by atoms with Crippen molar-refractivity contribution >= 4 is 32.9 Å². The van der Waals surface area contributed by atoms with Crippen LogP contribution in [0, 0.1) is 5.82 Å². The summed E-state index contributed by atoms with van der Waals surface area (Å²) in [6.07, 6.45) is 4.77. The summed E-state index contributed by atoms with van der Waals surface area (Å²) in [6.45, 7) is 0.393. The first-order valence-electron chi connectivity index (χ1n) is 8.39. The second kappa shape index (κ2) is 6.10. The van der Waals surface area contributed by atoms with Crippen molar-refractivity contribution in [2.24, 2.45) is 0 Å². The van der Waals surface area contributed by atoms with Crippen molar-refractivity contribution in [3.05, 3.63) is 68.3 Å². The monoisotopic (exact) mass is 383 g/mol.